The zero-order chi connectivity index (χ0) is 15.3. The normalized spacial score (nSPS) is 10.8. The molecule has 5 heteroatoms. The molecule has 0 aliphatic rings. The molecule has 1 rings (SSSR count). The highest BCUT2D eigenvalue weighted by molar-refractivity contribution is 5.29. The van der Waals surface area contributed by atoms with Crippen LogP contribution < -0.4 is 10.1 Å². The highest BCUT2D eigenvalue weighted by Crippen LogP contribution is 2.16. The van der Waals surface area contributed by atoms with E-state index in [0.29, 0.717) is 19.8 Å². The molecule has 0 aliphatic heterocycles. The highest BCUT2D eigenvalue weighted by atomic mass is 16.5. The SMILES string of the molecule is CCCNCc1nc(C)ccc1OCCOCCCOC. The van der Waals surface area contributed by atoms with E-state index in [1.165, 1.54) is 0 Å². The number of pyridine rings is 1. The van der Waals surface area contributed by atoms with Crippen LogP contribution >= 0.6 is 0 Å². The third kappa shape index (κ3) is 7.99. The number of hydrogen-bond acceptors (Lipinski definition) is 5. The van der Waals surface area contributed by atoms with Crippen molar-refractivity contribution in [1.29, 1.82) is 0 Å². The van der Waals surface area contributed by atoms with Gasteiger partial charge in [-0.15, -0.1) is 0 Å². The topological polar surface area (TPSA) is 52.6 Å². The summed E-state index contributed by atoms with van der Waals surface area (Å²) in [5.74, 6) is 0.838. The second-order valence-corrected chi connectivity index (χ2v) is 4.88. The Balaban J connectivity index is 2.32. The molecular formula is C16H28N2O3. The molecular weight excluding hydrogens is 268 g/mol. The summed E-state index contributed by atoms with van der Waals surface area (Å²) in [7, 11) is 1.70. The number of rotatable bonds is 12. The average Bonchev–Trinajstić information content (AvgIpc) is 2.48. The predicted octanol–water partition coefficient (Wildman–Crippen LogP) is 2.32. The van der Waals surface area contributed by atoms with Crippen LogP contribution in [0.5, 0.6) is 5.75 Å². The Kier molecular flexibility index (Phi) is 9.78. The Morgan fingerprint density at radius 2 is 2.00 bits per heavy atom. The molecule has 0 fully saturated rings. The van der Waals surface area contributed by atoms with Crippen molar-refractivity contribution < 1.29 is 14.2 Å². The summed E-state index contributed by atoms with van der Waals surface area (Å²) in [6.07, 6.45) is 2.02. The zero-order valence-electron chi connectivity index (χ0n) is 13.5. The highest BCUT2D eigenvalue weighted by Gasteiger charge is 2.05. The fourth-order valence-electron chi connectivity index (χ4n) is 1.86. The lowest BCUT2D eigenvalue weighted by Gasteiger charge is -2.12. The first-order chi connectivity index (χ1) is 10.3. The van der Waals surface area contributed by atoms with Gasteiger partial charge in [-0.05, 0) is 38.4 Å². The molecule has 21 heavy (non-hydrogen) atoms. The standard InChI is InChI=1S/C16H28N2O3/c1-4-8-17-13-15-16(7-6-14(2)18-15)21-12-11-20-10-5-9-19-3/h6-7,17H,4-5,8-13H2,1-3H3. The fourth-order valence-corrected chi connectivity index (χ4v) is 1.86. The molecule has 120 valence electrons. The van der Waals surface area contributed by atoms with Crippen LogP contribution in [0.3, 0.4) is 0 Å². The molecule has 0 amide bonds. The van der Waals surface area contributed by atoms with E-state index in [-0.39, 0.29) is 0 Å². The quantitative estimate of drug-likeness (QED) is 0.600. The fraction of sp³-hybridized carbons (Fsp3) is 0.688. The second-order valence-electron chi connectivity index (χ2n) is 4.88. The van der Waals surface area contributed by atoms with E-state index >= 15 is 0 Å². The summed E-state index contributed by atoms with van der Waals surface area (Å²) in [4.78, 5) is 4.54. The van der Waals surface area contributed by atoms with E-state index in [1.54, 1.807) is 7.11 Å². The van der Waals surface area contributed by atoms with Crippen molar-refractivity contribution >= 4 is 0 Å². The largest absolute Gasteiger partial charge is 0.489 e. The molecule has 0 saturated carbocycles. The zero-order valence-corrected chi connectivity index (χ0v) is 13.5. The van der Waals surface area contributed by atoms with Gasteiger partial charge in [0.15, 0.2) is 0 Å². The van der Waals surface area contributed by atoms with E-state index < -0.39 is 0 Å². The van der Waals surface area contributed by atoms with Crippen molar-refractivity contribution in [2.45, 2.75) is 33.2 Å². The Hall–Kier alpha value is -1.17. The van der Waals surface area contributed by atoms with Crippen molar-refractivity contribution in [1.82, 2.24) is 10.3 Å². The second kappa shape index (κ2) is 11.5. The van der Waals surface area contributed by atoms with Gasteiger partial charge in [-0.25, -0.2) is 0 Å². The first-order valence-corrected chi connectivity index (χ1v) is 7.64. The number of aromatic nitrogens is 1. The number of methoxy groups -OCH3 is 1. The minimum absolute atomic E-state index is 0.540. The van der Waals surface area contributed by atoms with Crippen molar-refractivity contribution in [3.8, 4) is 5.75 Å². The maximum atomic E-state index is 5.77. The van der Waals surface area contributed by atoms with E-state index in [1.807, 2.05) is 19.1 Å². The lowest BCUT2D eigenvalue weighted by molar-refractivity contribution is 0.0803. The molecule has 1 heterocycles. The van der Waals surface area contributed by atoms with Crippen molar-refractivity contribution in [2.75, 3.05) is 40.1 Å². The van der Waals surface area contributed by atoms with Gasteiger partial charge in [0.2, 0.25) is 0 Å². The van der Waals surface area contributed by atoms with E-state index in [0.717, 1.165) is 49.7 Å². The van der Waals surface area contributed by atoms with Crippen molar-refractivity contribution in [3.05, 3.63) is 23.5 Å². The molecule has 0 unspecified atom stereocenters. The van der Waals surface area contributed by atoms with Gasteiger partial charge in [0.1, 0.15) is 12.4 Å². The average molecular weight is 296 g/mol. The van der Waals surface area contributed by atoms with E-state index in [2.05, 4.69) is 17.2 Å². The van der Waals surface area contributed by atoms with Gasteiger partial charge in [-0.3, -0.25) is 4.98 Å². The molecule has 1 aromatic heterocycles. The number of hydrogen-bond donors (Lipinski definition) is 1. The Morgan fingerprint density at radius 1 is 1.14 bits per heavy atom. The summed E-state index contributed by atoms with van der Waals surface area (Å²) in [6.45, 7) is 8.42. The molecule has 0 radical (unpaired) electrons. The van der Waals surface area contributed by atoms with Crippen LogP contribution in [0, 0.1) is 6.92 Å². The molecule has 0 aliphatic carbocycles. The smallest absolute Gasteiger partial charge is 0.142 e. The summed E-state index contributed by atoms with van der Waals surface area (Å²) < 4.78 is 16.2. The van der Waals surface area contributed by atoms with Gasteiger partial charge in [0.05, 0.1) is 12.3 Å². The molecule has 1 N–H and O–H groups in total. The Labute approximate surface area is 128 Å². The first-order valence-electron chi connectivity index (χ1n) is 7.64. The molecule has 0 bridgehead atoms. The van der Waals surface area contributed by atoms with Gasteiger partial charge in [-0.1, -0.05) is 6.92 Å². The van der Waals surface area contributed by atoms with Gasteiger partial charge in [0, 0.05) is 32.6 Å². The van der Waals surface area contributed by atoms with Gasteiger partial charge < -0.3 is 19.5 Å². The number of aryl methyl sites for hydroxylation is 1. The molecule has 1 aromatic rings. The van der Waals surface area contributed by atoms with Gasteiger partial charge in [-0.2, -0.15) is 0 Å². The van der Waals surface area contributed by atoms with Gasteiger partial charge in [0.25, 0.3) is 0 Å². The van der Waals surface area contributed by atoms with Crippen LogP contribution in [0.25, 0.3) is 0 Å². The molecule has 0 aromatic carbocycles. The van der Waals surface area contributed by atoms with Crippen molar-refractivity contribution in [3.63, 3.8) is 0 Å². The maximum absolute atomic E-state index is 5.77. The summed E-state index contributed by atoms with van der Waals surface area (Å²) in [5.41, 5.74) is 1.97. The predicted molar refractivity (Wildman–Crippen MR) is 83.8 cm³/mol. The lowest BCUT2D eigenvalue weighted by atomic mass is 10.2. The Bertz CT molecular complexity index is 386. The number of ether oxygens (including phenoxy) is 3. The van der Waals surface area contributed by atoms with E-state index in [4.69, 9.17) is 14.2 Å². The molecule has 0 saturated heterocycles. The summed E-state index contributed by atoms with van der Waals surface area (Å²) >= 11 is 0. The maximum Gasteiger partial charge on any atom is 0.142 e. The van der Waals surface area contributed by atoms with Crippen LogP contribution in [0.1, 0.15) is 31.2 Å². The molecule has 5 nitrogen and oxygen atoms in total. The number of nitrogens with zero attached hydrogens (tertiary/aromatic N) is 1. The monoisotopic (exact) mass is 296 g/mol. The Morgan fingerprint density at radius 3 is 2.76 bits per heavy atom. The van der Waals surface area contributed by atoms with Crippen LogP contribution in [0.2, 0.25) is 0 Å². The van der Waals surface area contributed by atoms with Gasteiger partial charge >= 0.3 is 0 Å². The molecule has 0 spiro atoms. The first kappa shape index (κ1) is 17.9. The summed E-state index contributed by atoms with van der Waals surface area (Å²) in [6, 6.07) is 3.95. The van der Waals surface area contributed by atoms with E-state index in [9.17, 15) is 0 Å². The molecule has 0 atom stereocenters. The minimum atomic E-state index is 0.540. The third-order valence-electron chi connectivity index (χ3n) is 2.91. The lowest BCUT2D eigenvalue weighted by Crippen LogP contribution is -2.17. The minimum Gasteiger partial charge on any atom is -0.489 e. The summed E-state index contributed by atoms with van der Waals surface area (Å²) in [5, 5.41) is 3.36. The van der Waals surface area contributed by atoms with Crippen LogP contribution in [0.4, 0.5) is 0 Å². The van der Waals surface area contributed by atoms with Crippen LogP contribution in [0.15, 0.2) is 12.1 Å². The van der Waals surface area contributed by atoms with Crippen molar-refractivity contribution in [2.24, 2.45) is 0 Å². The number of nitrogens with one attached hydrogen (secondary N) is 1. The van der Waals surface area contributed by atoms with Crippen LogP contribution in [-0.2, 0) is 16.0 Å². The third-order valence-corrected chi connectivity index (χ3v) is 2.91. The van der Waals surface area contributed by atoms with Crippen LogP contribution in [-0.4, -0.2) is 45.1 Å².